The monoisotopic (exact) mass is 360 g/mol. The second-order valence-electron chi connectivity index (χ2n) is 6.81. The normalized spacial score (nSPS) is 20.0. The van der Waals surface area contributed by atoms with Crippen molar-refractivity contribution in [3.63, 3.8) is 0 Å². The van der Waals surface area contributed by atoms with E-state index in [0.717, 1.165) is 0 Å². The average Bonchev–Trinajstić information content (AvgIpc) is 3.18. The molecule has 8 heteroatoms. The fourth-order valence-electron chi connectivity index (χ4n) is 3.27. The fraction of sp³-hybridized carbons (Fsp3) is 0.444. The first-order valence-electron chi connectivity index (χ1n) is 8.56. The van der Waals surface area contributed by atoms with Crippen molar-refractivity contribution < 1.29 is 19.1 Å². The van der Waals surface area contributed by atoms with E-state index >= 15 is 0 Å². The van der Waals surface area contributed by atoms with E-state index in [1.807, 2.05) is 13.8 Å². The lowest BCUT2D eigenvalue weighted by atomic mass is 10.0. The van der Waals surface area contributed by atoms with E-state index in [2.05, 4.69) is 10.1 Å². The number of amides is 1. The predicted octanol–water partition coefficient (Wildman–Crippen LogP) is 2.47. The van der Waals surface area contributed by atoms with Gasteiger partial charge in [0.1, 0.15) is 11.6 Å². The number of rotatable bonds is 4. The number of hydrogen-bond donors (Lipinski definition) is 1. The molecule has 0 saturated carbocycles. The number of benzene rings is 1. The first-order chi connectivity index (χ1) is 12.3. The van der Waals surface area contributed by atoms with E-state index < -0.39 is 29.7 Å². The molecule has 2 atom stereocenters. The van der Waals surface area contributed by atoms with E-state index in [0.29, 0.717) is 24.5 Å². The molecule has 3 rings (SSSR count). The van der Waals surface area contributed by atoms with Gasteiger partial charge in [-0.15, -0.1) is 5.10 Å². The summed E-state index contributed by atoms with van der Waals surface area (Å²) in [5.74, 6) is -1.80. The molecule has 7 nitrogen and oxygen atoms in total. The average molecular weight is 360 g/mol. The zero-order chi connectivity index (χ0) is 19.0. The molecule has 1 aromatic carbocycles. The second kappa shape index (κ2) is 6.86. The van der Waals surface area contributed by atoms with Gasteiger partial charge in [0.15, 0.2) is 0 Å². The molecule has 1 aliphatic rings. The second-order valence-corrected chi connectivity index (χ2v) is 6.81. The van der Waals surface area contributed by atoms with Crippen LogP contribution >= 0.6 is 0 Å². The summed E-state index contributed by atoms with van der Waals surface area (Å²) >= 11 is 0. The van der Waals surface area contributed by atoms with Crippen LogP contribution in [0.3, 0.4) is 0 Å². The number of halogens is 1. The third-order valence-corrected chi connectivity index (χ3v) is 4.73. The molecular formula is C18H21FN4O3. The molecule has 1 N–H and O–H groups in total. The molecule has 0 radical (unpaired) electrons. The van der Waals surface area contributed by atoms with Gasteiger partial charge < -0.3 is 10.0 Å². The van der Waals surface area contributed by atoms with Crippen molar-refractivity contribution in [2.24, 2.45) is 5.92 Å². The standard InChI is InChI=1S/C18H21FN4O3/c1-10(2)16-20-15(21-23(16)13-6-4-5-12(19)9-13)17(24)22-8-7-14(11(22)3)18(25)26/h4-6,9-11,14H,7-8H2,1-3H3,(H,25,26). The van der Waals surface area contributed by atoms with Crippen molar-refractivity contribution >= 4 is 11.9 Å². The molecule has 138 valence electrons. The number of aliphatic carboxylic acids is 1. The molecule has 1 aliphatic heterocycles. The lowest BCUT2D eigenvalue weighted by Crippen LogP contribution is -2.38. The smallest absolute Gasteiger partial charge is 0.308 e. The van der Waals surface area contributed by atoms with Crippen LogP contribution in [0.5, 0.6) is 0 Å². The van der Waals surface area contributed by atoms with E-state index in [9.17, 15) is 19.1 Å². The summed E-state index contributed by atoms with van der Waals surface area (Å²) in [4.78, 5) is 30.0. The minimum atomic E-state index is -0.908. The molecule has 26 heavy (non-hydrogen) atoms. The van der Waals surface area contributed by atoms with Crippen LogP contribution in [-0.4, -0.2) is 49.2 Å². The SMILES string of the molecule is CC(C)c1nc(C(=O)N2CCC(C(=O)O)C2C)nn1-c1cccc(F)c1. The van der Waals surface area contributed by atoms with Gasteiger partial charge in [0.05, 0.1) is 11.6 Å². The Morgan fingerprint density at radius 3 is 2.65 bits per heavy atom. The molecule has 0 bridgehead atoms. The van der Waals surface area contributed by atoms with Gasteiger partial charge >= 0.3 is 5.97 Å². The fourth-order valence-corrected chi connectivity index (χ4v) is 3.27. The highest BCUT2D eigenvalue weighted by atomic mass is 19.1. The Morgan fingerprint density at radius 2 is 2.08 bits per heavy atom. The summed E-state index contributed by atoms with van der Waals surface area (Å²) in [5, 5.41) is 13.5. The Kier molecular flexibility index (Phi) is 4.76. The zero-order valence-corrected chi connectivity index (χ0v) is 14.9. The summed E-state index contributed by atoms with van der Waals surface area (Å²) in [7, 11) is 0. The first-order valence-corrected chi connectivity index (χ1v) is 8.56. The number of carboxylic acids is 1. The highest BCUT2D eigenvalue weighted by molar-refractivity contribution is 5.91. The Bertz CT molecular complexity index is 849. The third kappa shape index (κ3) is 3.18. The molecule has 1 aromatic heterocycles. The van der Waals surface area contributed by atoms with Crippen LogP contribution in [0.1, 0.15) is 49.6 Å². The van der Waals surface area contributed by atoms with Crippen LogP contribution in [0.15, 0.2) is 24.3 Å². The van der Waals surface area contributed by atoms with Crippen LogP contribution < -0.4 is 0 Å². The van der Waals surface area contributed by atoms with Gasteiger partial charge in [-0.1, -0.05) is 19.9 Å². The largest absolute Gasteiger partial charge is 0.481 e. The maximum Gasteiger partial charge on any atom is 0.308 e. The van der Waals surface area contributed by atoms with Crippen molar-refractivity contribution in [2.75, 3.05) is 6.54 Å². The van der Waals surface area contributed by atoms with Crippen LogP contribution in [0.2, 0.25) is 0 Å². The van der Waals surface area contributed by atoms with E-state index in [4.69, 9.17) is 0 Å². The van der Waals surface area contributed by atoms with E-state index in [1.165, 1.54) is 21.7 Å². The number of carbonyl (C=O) groups excluding carboxylic acids is 1. The van der Waals surface area contributed by atoms with Gasteiger partial charge in [0, 0.05) is 18.5 Å². The number of carboxylic acid groups (broad SMARTS) is 1. The quantitative estimate of drug-likeness (QED) is 0.905. The molecule has 2 aromatic rings. The molecule has 0 aliphatic carbocycles. The molecule has 0 spiro atoms. The van der Waals surface area contributed by atoms with E-state index in [1.54, 1.807) is 19.1 Å². The molecule has 1 amide bonds. The summed E-state index contributed by atoms with van der Waals surface area (Å²) in [6.07, 6.45) is 0.407. The van der Waals surface area contributed by atoms with Crippen molar-refractivity contribution in [3.8, 4) is 5.69 Å². The first kappa shape index (κ1) is 18.0. The number of likely N-dealkylation sites (tertiary alicyclic amines) is 1. The van der Waals surface area contributed by atoms with Gasteiger partial charge in [0.2, 0.25) is 5.82 Å². The molecule has 2 unspecified atom stereocenters. The third-order valence-electron chi connectivity index (χ3n) is 4.73. The minimum Gasteiger partial charge on any atom is -0.481 e. The van der Waals surface area contributed by atoms with Crippen LogP contribution in [0.25, 0.3) is 5.69 Å². The Balaban J connectivity index is 1.95. The Hall–Kier alpha value is -2.77. The highest BCUT2D eigenvalue weighted by Crippen LogP contribution is 2.26. The van der Waals surface area contributed by atoms with Crippen molar-refractivity contribution in [3.05, 3.63) is 41.7 Å². The molecule has 1 fully saturated rings. The maximum atomic E-state index is 13.6. The van der Waals surface area contributed by atoms with Crippen molar-refractivity contribution in [1.82, 2.24) is 19.7 Å². The molecule has 2 heterocycles. The van der Waals surface area contributed by atoms with Gasteiger partial charge in [-0.2, -0.15) is 0 Å². The van der Waals surface area contributed by atoms with Crippen LogP contribution in [0.4, 0.5) is 4.39 Å². The zero-order valence-electron chi connectivity index (χ0n) is 14.9. The summed E-state index contributed by atoms with van der Waals surface area (Å²) in [5.41, 5.74) is 0.484. The minimum absolute atomic E-state index is 0.00384. The van der Waals surface area contributed by atoms with Gasteiger partial charge in [-0.05, 0) is 31.5 Å². The van der Waals surface area contributed by atoms with Crippen LogP contribution in [0, 0.1) is 11.7 Å². The van der Waals surface area contributed by atoms with E-state index in [-0.39, 0.29) is 11.7 Å². The molecule has 1 saturated heterocycles. The molecular weight excluding hydrogens is 339 g/mol. The summed E-state index contributed by atoms with van der Waals surface area (Å²) < 4.78 is 15.0. The van der Waals surface area contributed by atoms with Crippen LogP contribution in [-0.2, 0) is 4.79 Å². The predicted molar refractivity (Wildman–Crippen MR) is 91.6 cm³/mol. The van der Waals surface area contributed by atoms with Crippen molar-refractivity contribution in [2.45, 2.75) is 39.2 Å². The van der Waals surface area contributed by atoms with Gasteiger partial charge in [-0.25, -0.2) is 14.1 Å². The number of aromatic nitrogens is 3. The van der Waals surface area contributed by atoms with Crippen molar-refractivity contribution in [1.29, 1.82) is 0 Å². The Labute approximate surface area is 150 Å². The lowest BCUT2D eigenvalue weighted by Gasteiger charge is -2.21. The van der Waals surface area contributed by atoms with Gasteiger partial charge in [0.25, 0.3) is 5.91 Å². The highest BCUT2D eigenvalue weighted by Gasteiger charge is 2.39. The maximum absolute atomic E-state index is 13.6. The summed E-state index contributed by atoms with van der Waals surface area (Å²) in [6.45, 7) is 5.89. The summed E-state index contributed by atoms with van der Waals surface area (Å²) in [6, 6.07) is 5.49. The number of hydrogen-bond acceptors (Lipinski definition) is 4. The number of nitrogens with zero attached hydrogens (tertiary/aromatic N) is 4. The Morgan fingerprint density at radius 1 is 1.35 bits per heavy atom. The van der Waals surface area contributed by atoms with Gasteiger partial charge in [-0.3, -0.25) is 9.59 Å². The lowest BCUT2D eigenvalue weighted by molar-refractivity contribution is -0.142. The number of carbonyl (C=O) groups is 2. The topological polar surface area (TPSA) is 88.3 Å².